The van der Waals surface area contributed by atoms with Crippen molar-refractivity contribution in [3.8, 4) is 12.1 Å². The van der Waals surface area contributed by atoms with Crippen LogP contribution in [0.3, 0.4) is 0 Å². The Morgan fingerprint density at radius 1 is 1.25 bits per heavy atom. The second-order valence-electron chi connectivity index (χ2n) is 4.69. The number of anilines is 1. The van der Waals surface area contributed by atoms with E-state index in [1.165, 1.54) is 0 Å². The molecule has 0 fully saturated rings. The molecular formula is C16H13N3O. The standard InChI is InChI=1S/C16H13N3O/c1-11(2)7-8-19-14-6-4-3-5-13(14)15(16(19)20)12(9-17)10-18/h3-7H,8H2,1-2H3. The summed E-state index contributed by atoms with van der Waals surface area (Å²) in [5.41, 5.74) is 2.56. The number of nitriles is 2. The maximum Gasteiger partial charge on any atom is 0.261 e. The van der Waals surface area contributed by atoms with E-state index in [1.54, 1.807) is 29.2 Å². The lowest BCUT2D eigenvalue weighted by Gasteiger charge is -2.14. The number of fused-ring (bicyclic) bond motifs is 1. The molecule has 0 radical (unpaired) electrons. The van der Waals surface area contributed by atoms with Crippen molar-refractivity contribution in [3.05, 3.63) is 47.1 Å². The number of carbonyl (C=O) groups is 1. The molecule has 1 aromatic carbocycles. The quantitative estimate of drug-likeness (QED) is 0.468. The third kappa shape index (κ3) is 2.20. The van der Waals surface area contributed by atoms with Crippen LogP contribution < -0.4 is 4.90 Å². The molecule has 0 aliphatic carbocycles. The maximum atomic E-state index is 12.5. The molecule has 0 spiro atoms. The Balaban J connectivity index is 2.60. The van der Waals surface area contributed by atoms with Gasteiger partial charge in [-0.25, -0.2) is 0 Å². The van der Waals surface area contributed by atoms with Crippen LogP contribution in [0.15, 0.2) is 41.5 Å². The first-order valence-electron chi connectivity index (χ1n) is 6.19. The van der Waals surface area contributed by atoms with Gasteiger partial charge in [-0.15, -0.1) is 0 Å². The highest BCUT2D eigenvalue weighted by Crippen LogP contribution is 2.37. The van der Waals surface area contributed by atoms with Crippen molar-refractivity contribution in [1.29, 1.82) is 10.5 Å². The van der Waals surface area contributed by atoms with Crippen LogP contribution in [0.2, 0.25) is 0 Å². The molecule has 0 aromatic heterocycles. The van der Waals surface area contributed by atoms with E-state index in [0.717, 1.165) is 11.3 Å². The fraction of sp³-hybridized carbons (Fsp3) is 0.188. The van der Waals surface area contributed by atoms with E-state index in [2.05, 4.69) is 0 Å². The van der Waals surface area contributed by atoms with Gasteiger partial charge < -0.3 is 4.90 Å². The van der Waals surface area contributed by atoms with Crippen LogP contribution in [0, 0.1) is 22.7 Å². The average molecular weight is 263 g/mol. The molecule has 1 aliphatic heterocycles. The summed E-state index contributed by atoms with van der Waals surface area (Å²) in [7, 11) is 0. The van der Waals surface area contributed by atoms with Crippen LogP contribution in [0.4, 0.5) is 5.69 Å². The Morgan fingerprint density at radius 2 is 1.90 bits per heavy atom. The highest BCUT2D eigenvalue weighted by molar-refractivity contribution is 6.34. The van der Waals surface area contributed by atoms with Crippen molar-refractivity contribution in [2.24, 2.45) is 0 Å². The molecule has 0 unspecified atom stereocenters. The van der Waals surface area contributed by atoms with Crippen LogP contribution in [-0.2, 0) is 4.79 Å². The van der Waals surface area contributed by atoms with E-state index in [1.807, 2.05) is 32.1 Å². The average Bonchev–Trinajstić information content (AvgIpc) is 2.71. The summed E-state index contributed by atoms with van der Waals surface area (Å²) in [5.74, 6) is -0.290. The lowest BCUT2D eigenvalue weighted by Crippen LogP contribution is -2.26. The number of carbonyl (C=O) groups excluding carboxylic acids is 1. The molecule has 0 saturated heterocycles. The molecule has 0 bridgehead atoms. The molecule has 0 saturated carbocycles. The van der Waals surface area contributed by atoms with Gasteiger partial charge in [0.2, 0.25) is 0 Å². The highest BCUT2D eigenvalue weighted by atomic mass is 16.2. The number of benzene rings is 1. The van der Waals surface area contributed by atoms with E-state index in [0.29, 0.717) is 12.1 Å². The van der Waals surface area contributed by atoms with Crippen LogP contribution in [0.5, 0.6) is 0 Å². The van der Waals surface area contributed by atoms with Crippen LogP contribution in [0.1, 0.15) is 19.4 Å². The van der Waals surface area contributed by atoms with Gasteiger partial charge in [0.05, 0.1) is 11.3 Å². The van der Waals surface area contributed by atoms with Gasteiger partial charge in [-0.05, 0) is 19.9 Å². The van der Waals surface area contributed by atoms with Gasteiger partial charge >= 0.3 is 0 Å². The summed E-state index contributed by atoms with van der Waals surface area (Å²) in [4.78, 5) is 14.1. The molecule has 0 atom stereocenters. The molecular weight excluding hydrogens is 250 g/mol. The molecule has 4 nitrogen and oxygen atoms in total. The molecule has 1 aliphatic rings. The van der Waals surface area contributed by atoms with Crippen LogP contribution in [0.25, 0.3) is 5.57 Å². The zero-order chi connectivity index (χ0) is 14.7. The molecule has 98 valence electrons. The van der Waals surface area contributed by atoms with Crippen molar-refractivity contribution in [2.75, 3.05) is 11.4 Å². The normalized spacial score (nSPS) is 12.5. The van der Waals surface area contributed by atoms with Gasteiger partial charge in [-0.2, -0.15) is 10.5 Å². The summed E-state index contributed by atoms with van der Waals surface area (Å²) >= 11 is 0. The highest BCUT2D eigenvalue weighted by Gasteiger charge is 2.34. The minimum atomic E-state index is -0.290. The Morgan fingerprint density at radius 3 is 2.50 bits per heavy atom. The monoisotopic (exact) mass is 263 g/mol. The Labute approximate surface area is 117 Å². The van der Waals surface area contributed by atoms with Gasteiger partial charge in [0.15, 0.2) is 0 Å². The summed E-state index contributed by atoms with van der Waals surface area (Å²) in [6, 6.07) is 10.8. The summed E-state index contributed by atoms with van der Waals surface area (Å²) in [6.07, 6.45) is 1.94. The minimum Gasteiger partial charge on any atom is -0.304 e. The predicted octanol–water partition coefficient (Wildman–Crippen LogP) is 2.80. The first kappa shape index (κ1) is 13.6. The summed E-state index contributed by atoms with van der Waals surface area (Å²) in [5, 5.41) is 18.0. The Hall–Kier alpha value is -2.85. The van der Waals surface area contributed by atoms with Crippen molar-refractivity contribution in [3.63, 3.8) is 0 Å². The molecule has 1 aromatic rings. The Kier molecular flexibility index (Phi) is 3.68. The molecule has 1 amide bonds. The minimum absolute atomic E-state index is 0.137. The van der Waals surface area contributed by atoms with Crippen LogP contribution in [-0.4, -0.2) is 12.5 Å². The van der Waals surface area contributed by atoms with Gasteiger partial charge in [0.25, 0.3) is 5.91 Å². The van der Waals surface area contributed by atoms with Gasteiger partial charge in [-0.1, -0.05) is 29.8 Å². The molecule has 4 heteroatoms. The van der Waals surface area contributed by atoms with E-state index < -0.39 is 0 Å². The van der Waals surface area contributed by atoms with Crippen molar-refractivity contribution >= 4 is 17.2 Å². The van der Waals surface area contributed by atoms with Crippen LogP contribution >= 0.6 is 0 Å². The molecule has 1 heterocycles. The molecule has 2 rings (SSSR count). The van der Waals surface area contributed by atoms with Crippen molar-refractivity contribution in [1.82, 2.24) is 0 Å². The number of para-hydroxylation sites is 1. The third-order valence-electron chi connectivity index (χ3n) is 3.08. The molecule has 20 heavy (non-hydrogen) atoms. The van der Waals surface area contributed by atoms with Crippen molar-refractivity contribution < 1.29 is 4.79 Å². The first-order chi connectivity index (χ1) is 9.60. The van der Waals surface area contributed by atoms with E-state index >= 15 is 0 Å². The van der Waals surface area contributed by atoms with E-state index in [-0.39, 0.29) is 17.1 Å². The lowest BCUT2D eigenvalue weighted by molar-refractivity contribution is -0.112. The number of rotatable bonds is 2. The SMILES string of the molecule is CC(C)=CCN1C(=O)C(=C(C#N)C#N)c2ccccc21. The first-order valence-corrected chi connectivity index (χ1v) is 6.19. The Bertz CT molecular complexity index is 694. The number of nitrogens with zero attached hydrogens (tertiary/aromatic N) is 3. The van der Waals surface area contributed by atoms with Gasteiger partial charge in [0.1, 0.15) is 17.7 Å². The number of amides is 1. The summed E-state index contributed by atoms with van der Waals surface area (Å²) < 4.78 is 0. The largest absolute Gasteiger partial charge is 0.304 e. The topological polar surface area (TPSA) is 67.9 Å². The second-order valence-corrected chi connectivity index (χ2v) is 4.69. The second kappa shape index (κ2) is 5.42. The zero-order valence-corrected chi connectivity index (χ0v) is 11.3. The van der Waals surface area contributed by atoms with Crippen molar-refractivity contribution in [2.45, 2.75) is 13.8 Å². The smallest absolute Gasteiger partial charge is 0.261 e. The van der Waals surface area contributed by atoms with Gasteiger partial charge in [0, 0.05) is 12.1 Å². The third-order valence-corrected chi connectivity index (χ3v) is 3.08. The number of allylic oxidation sites excluding steroid dienone is 2. The van der Waals surface area contributed by atoms with E-state index in [9.17, 15) is 4.79 Å². The number of hydrogen-bond donors (Lipinski definition) is 0. The molecule has 0 N–H and O–H groups in total. The predicted molar refractivity (Wildman–Crippen MR) is 76.4 cm³/mol. The summed E-state index contributed by atoms with van der Waals surface area (Å²) in [6.45, 7) is 4.35. The maximum absolute atomic E-state index is 12.5. The van der Waals surface area contributed by atoms with E-state index in [4.69, 9.17) is 10.5 Å². The fourth-order valence-electron chi connectivity index (χ4n) is 2.11. The lowest BCUT2D eigenvalue weighted by atomic mass is 10.0. The fourth-order valence-corrected chi connectivity index (χ4v) is 2.11. The van der Waals surface area contributed by atoms with Gasteiger partial charge in [-0.3, -0.25) is 4.79 Å². The number of hydrogen-bond acceptors (Lipinski definition) is 3. The zero-order valence-electron chi connectivity index (χ0n) is 11.3.